The van der Waals surface area contributed by atoms with Gasteiger partial charge in [0.2, 0.25) is 5.91 Å². The van der Waals surface area contributed by atoms with Gasteiger partial charge in [0.05, 0.1) is 17.7 Å². The fourth-order valence-electron chi connectivity index (χ4n) is 2.28. The molecule has 1 aromatic heterocycles. The van der Waals surface area contributed by atoms with Crippen molar-refractivity contribution >= 4 is 38.4 Å². The van der Waals surface area contributed by atoms with Crippen molar-refractivity contribution in [1.29, 1.82) is 0 Å². The lowest BCUT2D eigenvalue weighted by molar-refractivity contribution is -0.120. The molecule has 1 amide bonds. The second-order valence-corrected chi connectivity index (χ2v) is 6.06. The van der Waals surface area contributed by atoms with Gasteiger partial charge in [-0.3, -0.25) is 9.78 Å². The molecule has 0 radical (unpaired) electrons. The van der Waals surface area contributed by atoms with E-state index in [1.165, 1.54) is 0 Å². The molecule has 21 heavy (non-hydrogen) atoms. The summed E-state index contributed by atoms with van der Waals surface area (Å²) in [6, 6.07) is 8.12. The zero-order chi connectivity index (χ0) is 15.2. The summed E-state index contributed by atoms with van der Waals surface area (Å²) in [6.07, 6.45) is 3.82. The van der Waals surface area contributed by atoms with Crippen molar-refractivity contribution in [3.05, 3.63) is 34.9 Å². The Morgan fingerprint density at radius 1 is 1.43 bits per heavy atom. The summed E-state index contributed by atoms with van der Waals surface area (Å²) in [7, 11) is 0. The summed E-state index contributed by atoms with van der Waals surface area (Å²) in [6.45, 7) is 4.39. The van der Waals surface area contributed by atoms with Crippen LogP contribution in [0.3, 0.4) is 0 Å². The molecule has 1 unspecified atom stereocenters. The summed E-state index contributed by atoms with van der Waals surface area (Å²) >= 11 is 3.41. The quantitative estimate of drug-likeness (QED) is 0.835. The van der Waals surface area contributed by atoms with Gasteiger partial charge in [-0.05, 0) is 41.4 Å². The Labute approximate surface area is 133 Å². The fourth-order valence-corrected chi connectivity index (χ4v) is 2.63. The van der Waals surface area contributed by atoms with E-state index in [0.29, 0.717) is 0 Å². The molecule has 0 spiro atoms. The molecule has 1 heterocycles. The van der Waals surface area contributed by atoms with Crippen LogP contribution in [-0.4, -0.2) is 23.5 Å². The van der Waals surface area contributed by atoms with E-state index < -0.39 is 0 Å². The average molecular weight is 350 g/mol. The Balaban J connectivity index is 2.02. The number of pyridine rings is 1. The molecule has 1 atom stereocenters. The summed E-state index contributed by atoms with van der Waals surface area (Å²) in [5, 5.41) is 7.18. The second kappa shape index (κ2) is 7.41. The first-order valence-electron chi connectivity index (χ1n) is 7.17. The van der Waals surface area contributed by atoms with Gasteiger partial charge >= 0.3 is 0 Å². The molecule has 0 saturated carbocycles. The van der Waals surface area contributed by atoms with Crippen molar-refractivity contribution in [2.24, 2.45) is 0 Å². The Morgan fingerprint density at radius 3 is 3.00 bits per heavy atom. The van der Waals surface area contributed by atoms with E-state index in [-0.39, 0.29) is 18.5 Å². The lowest BCUT2D eigenvalue weighted by Crippen LogP contribution is -2.36. The Hall–Kier alpha value is -1.62. The number of fused-ring (bicyclic) bond motifs is 1. The number of halogens is 1. The predicted octanol–water partition coefficient (Wildman–Crippen LogP) is 3.71. The van der Waals surface area contributed by atoms with Crippen LogP contribution >= 0.6 is 15.9 Å². The first-order valence-corrected chi connectivity index (χ1v) is 7.97. The molecule has 2 aromatic rings. The number of hydrogen-bond donors (Lipinski definition) is 2. The highest BCUT2D eigenvalue weighted by Crippen LogP contribution is 2.23. The van der Waals surface area contributed by atoms with Crippen LogP contribution in [0.5, 0.6) is 0 Å². The second-order valence-electron chi connectivity index (χ2n) is 5.14. The van der Waals surface area contributed by atoms with Gasteiger partial charge < -0.3 is 10.6 Å². The number of para-hydroxylation sites is 1. The van der Waals surface area contributed by atoms with Gasteiger partial charge in [-0.15, -0.1) is 0 Å². The SMILES string of the molecule is CCCC(C)NC(=O)CNc1cccc2cc(Br)cnc12. The number of rotatable bonds is 6. The van der Waals surface area contributed by atoms with E-state index >= 15 is 0 Å². The molecule has 1 aromatic carbocycles. The van der Waals surface area contributed by atoms with Crippen molar-refractivity contribution in [3.8, 4) is 0 Å². The lowest BCUT2D eigenvalue weighted by atomic mass is 10.2. The number of benzene rings is 1. The molecular formula is C16H20BrN3O. The van der Waals surface area contributed by atoms with Crippen LogP contribution in [0.15, 0.2) is 34.9 Å². The third kappa shape index (κ3) is 4.43. The average Bonchev–Trinajstić information content (AvgIpc) is 2.44. The molecule has 0 bridgehead atoms. The zero-order valence-corrected chi connectivity index (χ0v) is 13.9. The van der Waals surface area contributed by atoms with Crippen LogP contribution in [0.2, 0.25) is 0 Å². The minimum atomic E-state index is 0.00469. The molecule has 4 nitrogen and oxygen atoms in total. The van der Waals surface area contributed by atoms with E-state index in [1.807, 2.05) is 31.2 Å². The topological polar surface area (TPSA) is 54.0 Å². The Morgan fingerprint density at radius 2 is 2.24 bits per heavy atom. The lowest BCUT2D eigenvalue weighted by Gasteiger charge is -2.14. The molecule has 5 heteroatoms. The number of nitrogens with one attached hydrogen (secondary N) is 2. The van der Waals surface area contributed by atoms with Crippen molar-refractivity contribution in [3.63, 3.8) is 0 Å². The van der Waals surface area contributed by atoms with Gasteiger partial charge in [0, 0.05) is 22.1 Å². The Kier molecular flexibility index (Phi) is 5.56. The summed E-state index contributed by atoms with van der Waals surface area (Å²) in [5.74, 6) is 0.00469. The number of hydrogen-bond acceptors (Lipinski definition) is 3. The highest BCUT2D eigenvalue weighted by molar-refractivity contribution is 9.10. The number of carbonyl (C=O) groups excluding carboxylic acids is 1. The summed E-state index contributed by atoms with van der Waals surface area (Å²) in [5.41, 5.74) is 1.74. The van der Waals surface area contributed by atoms with Crippen LogP contribution in [0.1, 0.15) is 26.7 Å². The minimum Gasteiger partial charge on any atom is -0.374 e. The molecule has 0 aliphatic rings. The van der Waals surface area contributed by atoms with Crippen LogP contribution in [0, 0.1) is 0 Å². The van der Waals surface area contributed by atoms with Gasteiger partial charge in [0.25, 0.3) is 0 Å². The van der Waals surface area contributed by atoms with Crippen molar-refractivity contribution in [2.45, 2.75) is 32.7 Å². The van der Waals surface area contributed by atoms with Crippen LogP contribution in [0.25, 0.3) is 10.9 Å². The maximum Gasteiger partial charge on any atom is 0.239 e. The van der Waals surface area contributed by atoms with E-state index in [2.05, 4.69) is 38.5 Å². The largest absolute Gasteiger partial charge is 0.374 e. The number of carbonyl (C=O) groups is 1. The third-order valence-electron chi connectivity index (χ3n) is 3.25. The van der Waals surface area contributed by atoms with Crippen molar-refractivity contribution in [2.75, 3.05) is 11.9 Å². The molecule has 0 aliphatic heterocycles. The molecule has 0 aliphatic carbocycles. The molecule has 2 rings (SSSR count). The number of amides is 1. The van der Waals surface area contributed by atoms with Gasteiger partial charge in [0.1, 0.15) is 0 Å². The van der Waals surface area contributed by atoms with Crippen LogP contribution in [-0.2, 0) is 4.79 Å². The first kappa shape index (κ1) is 15.8. The monoisotopic (exact) mass is 349 g/mol. The Bertz CT molecular complexity index is 630. The maximum atomic E-state index is 11.9. The normalized spacial score (nSPS) is 12.1. The molecule has 0 fully saturated rings. The maximum absolute atomic E-state index is 11.9. The van der Waals surface area contributed by atoms with Crippen LogP contribution in [0.4, 0.5) is 5.69 Å². The van der Waals surface area contributed by atoms with Crippen LogP contribution < -0.4 is 10.6 Å². The van der Waals surface area contributed by atoms with E-state index in [1.54, 1.807) is 6.20 Å². The predicted molar refractivity (Wildman–Crippen MR) is 90.4 cm³/mol. The molecular weight excluding hydrogens is 330 g/mol. The van der Waals surface area contributed by atoms with E-state index in [0.717, 1.165) is 33.9 Å². The molecule has 2 N–H and O–H groups in total. The summed E-state index contributed by atoms with van der Waals surface area (Å²) in [4.78, 5) is 16.3. The number of nitrogens with zero attached hydrogens (tertiary/aromatic N) is 1. The zero-order valence-electron chi connectivity index (χ0n) is 12.3. The summed E-state index contributed by atoms with van der Waals surface area (Å²) < 4.78 is 0.943. The highest BCUT2D eigenvalue weighted by Gasteiger charge is 2.08. The number of aromatic nitrogens is 1. The van der Waals surface area contributed by atoms with Crippen molar-refractivity contribution in [1.82, 2.24) is 10.3 Å². The fraction of sp³-hybridized carbons (Fsp3) is 0.375. The van der Waals surface area contributed by atoms with Gasteiger partial charge in [0.15, 0.2) is 0 Å². The van der Waals surface area contributed by atoms with Gasteiger partial charge in [-0.25, -0.2) is 0 Å². The number of anilines is 1. The molecule has 0 saturated heterocycles. The van der Waals surface area contributed by atoms with E-state index in [9.17, 15) is 4.79 Å². The standard InChI is InChI=1S/C16H20BrN3O/c1-3-5-11(2)20-15(21)10-18-14-7-4-6-12-8-13(17)9-19-16(12)14/h4,6-9,11,18H,3,5,10H2,1-2H3,(H,20,21). The van der Waals surface area contributed by atoms with Gasteiger partial charge in [-0.2, -0.15) is 0 Å². The minimum absolute atomic E-state index is 0.00469. The third-order valence-corrected chi connectivity index (χ3v) is 3.68. The van der Waals surface area contributed by atoms with Gasteiger partial charge in [-0.1, -0.05) is 25.5 Å². The van der Waals surface area contributed by atoms with E-state index in [4.69, 9.17) is 0 Å². The van der Waals surface area contributed by atoms with Crippen molar-refractivity contribution < 1.29 is 4.79 Å². The smallest absolute Gasteiger partial charge is 0.239 e. The first-order chi connectivity index (χ1) is 10.1. The molecule has 112 valence electrons. The highest BCUT2D eigenvalue weighted by atomic mass is 79.9.